The Morgan fingerprint density at radius 2 is 1.97 bits per heavy atom. The van der Waals surface area contributed by atoms with Crippen LogP contribution in [0.4, 0.5) is 10.1 Å². The Labute approximate surface area is 179 Å². The van der Waals surface area contributed by atoms with Crippen molar-refractivity contribution in [2.24, 2.45) is 0 Å². The molecule has 0 fully saturated rings. The standard InChI is InChI=1S/C27H30FNO/c1-4-22-14-15-23-9-5-6-10-25(23)26(24(22)11-7-8-20(3)28)16-21-13-12-19(2)27(17-21)29-18-30/h5-7,9-13,16-18,20H,4,8,14-15H2,1-3H3,(H,29,30)/b11-7-,26-16+. The van der Waals surface area contributed by atoms with E-state index < -0.39 is 6.17 Å². The highest BCUT2D eigenvalue weighted by Crippen LogP contribution is 2.37. The minimum absolute atomic E-state index is 0.410. The third kappa shape index (κ3) is 5.15. The van der Waals surface area contributed by atoms with E-state index in [1.807, 2.05) is 25.1 Å². The zero-order valence-electron chi connectivity index (χ0n) is 18.0. The van der Waals surface area contributed by atoms with Crippen molar-refractivity contribution in [3.05, 3.63) is 88.0 Å². The molecule has 1 aliphatic carbocycles. The van der Waals surface area contributed by atoms with Crippen molar-refractivity contribution in [1.29, 1.82) is 0 Å². The number of amides is 1. The van der Waals surface area contributed by atoms with Gasteiger partial charge in [0.05, 0.1) is 0 Å². The molecule has 0 radical (unpaired) electrons. The molecule has 0 saturated carbocycles. The van der Waals surface area contributed by atoms with E-state index in [0.717, 1.165) is 41.6 Å². The van der Waals surface area contributed by atoms with Gasteiger partial charge in [-0.25, -0.2) is 4.39 Å². The van der Waals surface area contributed by atoms with Crippen molar-refractivity contribution in [2.45, 2.75) is 52.6 Å². The second-order valence-corrected chi connectivity index (χ2v) is 7.84. The number of carbonyl (C=O) groups is 1. The summed E-state index contributed by atoms with van der Waals surface area (Å²) in [6.45, 7) is 5.75. The fourth-order valence-corrected chi connectivity index (χ4v) is 3.98. The molecule has 0 bridgehead atoms. The first kappa shape index (κ1) is 21.8. The lowest BCUT2D eigenvalue weighted by Crippen LogP contribution is -1.97. The van der Waals surface area contributed by atoms with Crippen LogP contribution in [0.15, 0.2) is 65.8 Å². The lowest BCUT2D eigenvalue weighted by Gasteiger charge is -2.14. The number of hydrogen-bond acceptors (Lipinski definition) is 1. The largest absolute Gasteiger partial charge is 0.328 e. The van der Waals surface area contributed by atoms with Gasteiger partial charge < -0.3 is 5.32 Å². The predicted molar refractivity (Wildman–Crippen MR) is 125 cm³/mol. The van der Waals surface area contributed by atoms with Gasteiger partial charge in [0, 0.05) is 5.69 Å². The monoisotopic (exact) mass is 403 g/mol. The van der Waals surface area contributed by atoms with E-state index in [1.165, 1.54) is 22.3 Å². The number of hydrogen-bond donors (Lipinski definition) is 1. The maximum absolute atomic E-state index is 13.4. The number of nitrogens with one attached hydrogen (secondary N) is 1. The quantitative estimate of drug-likeness (QED) is 0.493. The lowest BCUT2D eigenvalue weighted by atomic mass is 9.90. The van der Waals surface area contributed by atoms with Gasteiger partial charge in [0.25, 0.3) is 0 Å². The van der Waals surface area contributed by atoms with E-state index in [0.29, 0.717) is 12.8 Å². The van der Waals surface area contributed by atoms with Gasteiger partial charge in [0.15, 0.2) is 0 Å². The van der Waals surface area contributed by atoms with Crippen LogP contribution in [0.25, 0.3) is 11.6 Å². The molecule has 0 aromatic heterocycles. The van der Waals surface area contributed by atoms with E-state index in [-0.39, 0.29) is 0 Å². The van der Waals surface area contributed by atoms with E-state index in [9.17, 15) is 9.18 Å². The van der Waals surface area contributed by atoms with Crippen LogP contribution in [-0.2, 0) is 11.2 Å². The molecule has 1 amide bonds. The van der Waals surface area contributed by atoms with Crippen molar-refractivity contribution in [3.63, 3.8) is 0 Å². The average molecular weight is 404 g/mol. The fourth-order valence-electron chi connectivity index (χ4n) is 3.98. The van der Waals surface area contributed by atoms with E-state index >= 15 is 0 Å². The highest BCUT2D eigenvalue weighted by atomic mass is 19.1. The smallest absolute Gasteiger partial charge is 0.211 e. The molecule has 156 valence electrons. The predicted octanol–water partition coefficient (Wildman–Crippen LogP) is 7.06. The Morgan fingerprint density at radius 3 is 2.70 bits per heavy atom. The number of allylic oxidation sites excluding steroid dienone is 5. The van der Waals surface area contributed by atoms with Crippen molar-refractivity contribution in [2.75, 3.05) is 5.32 Å². The van der Waals surface area contributed by atoms with Crippen LogP contribution in [0.3, 0.4) is 0 Å². The van der Waals surface area contributed by atoms with Gasteiger partial charge in [0.1, 0.15) is 6.17 Å². The first-order valence-corrected chi connectivity index (χ1v) is 10.7. The topological polar surface area (TPSA) is 29.1 Å². The molecular formula is C27H30FNO. The minimum atomic E-state index is -0.855. The average Bonchev–Trinajstić information content (AvgIpc) is 2.87. The van der Waals surface area contributed by atoms with Crippen LogP contribution in [-0.4, -0.2) is 12.6 Å². The number of halogens is 1. The molecule has 2 aromatic rings. The van der Waals surface area contributed by atoms with Crippen molar-refractivity contribution in [1.82, 2.24) is 0 Å². The van der Waals surface area contributed by atoms with Crippen molar-refractivity contribution >= 4 is 23.7 Å². The van der Waals surface area contributed by atoms with Crippen LogP contribution in [0.1, 0.15) is 55.4 Å². The number of fused-ring (bicyclic) bond motifs is 1. The van der Waals surface area contributed by atoms with Crippen molar-refractivity contribution in [3.8, 4) is 0 Å². The minimum Gasteiger partial charge on any atom is -0.328 e. The van der Waals surface area contributed by atoms with Gasteiger partial charge in [0.2, 0.25) is 6.41 Å². The summed E-state index contributed by atoms with van der Waals surface area (Å²) in [5.41, 5.74) is 9.14. The van der Waals surface area contributed by atoms with Gasteiger partial charge in [-0.05, 0) is 85.1 Å². The summed E-state index contributed by atoms with van der Waals surface area (Å²) in [6.07, 6.45) is 9.46. The summed E-state index contributed by atoms with van der Waals surface area (Å²) in [4.78, 5) is 11.0. The third-order valence-corrected chi connectivity index (χ3v) is 5.63. The maximum atomic E-state index is 13.4. The SMILES string of the molecule is CCC1=C(/C=C\CC(C)F)/C(=C\c2ccc(C)c(NC=O)c2)c2ccccc2CC1. The summed E-state index contributed by atoms with van der Waals surface area (Å²) < 4.78 is 13.4. The number of rotatable bonds is 7. The Hall–Kier alpha value is -2.94. The number of benzene rings is 2. The zero-order chi connectivity index (χ0) is 21.5. The van der Waals surface area contributed by atoms with Gasteiger partial charge in [-0.2, -0.15) is 0 Å². The second-order valence-electron chi connectivity index (χ2n) is 7.84. The number of alkyl halides is 1. The lowest BCUT2D eigenvalue weighted by molar-refractivity contribution is -0.105. The van der Waals surface area contributed by atoms with Crippen molar-refractivity contribution < 1.29 is 9.18 Å². The number of anilines is 1. The molecule has 1 unspecified atom stereocenters. The van der Waals surface area contributed by atoms with Gasteiger partial charge >= 0.3 is 0 Å². The maximum Gasteiger partial charge on any atom is 0.211 e. The molecule has 3 heteroatoms. The normalized spacial score (nSPS) is 16.5. The third-order valence-electron chi connectivity index (χ3n) is 5.63. The second kappa shape index (κ2) is 10.2. The van der Waals surface area contributed by atoms with Gasteiger partial charge in [-0.3, -0.25) is 4.79 Å². The highest BCUT2D eigenvalue weighted by Gasteiger charge is 2.18. The molecule has 2 nitrogen and oxygen atoms in total. The molecule has 0 saturated heterocycles. The first-order valence-electron chi connectivity index (χ1n) is 10.7. The summed E-state index contributed by atoms with van der Waals surface area (Å²) >= 11 is 0. The Kier molecular flexibility index (Phi) is 7.40. The summed E-state index contributed by atoms with van der Waals surface area (Å²) in [7, 11) is 0. The molecule has 1 N–H and O–H groups in total. The van der Waals surface area contributed by atoms with Crippen LogP contribution in [0.5, 0.6) is 0 Å². The Balaban J connectivity index is 2.18. The molecule has 0 heterocycles. The summed E-state index contributed by atoms with van der Waals surface area (Å²) in [5, 5.41) is 2.79. The Morgan fingerprint density at radius 1 is 1.17 bits per heavy atom. The fraction of sp³-hybridized carbons (Fsp3) is 0.296. The van der Waals surface area contributed by atoms with Gasteiger partial charge in [-0.15, -0.1) is 0 Å². The molecule has 0 spiro atoms. The molecule has 3 rings (SSSR count). The van der Waals surface area contributed by atoms with Gasteiger partial charge in [-0.1, -0.05) is 61.0 Å². The highest BCUT2D eigenvalue weighted by molar-refractivity contribution is 5.95. The molecule has 1 aliphatic rings. The molecule has 0 aliphatic heterocycles. The van der Waals surface area contributed by atoms with Crippen LogP contribution in [0.2, 0.25) is 0 Å². The summed E-state index contributed by atoms with van der Waals surface area (Å²) in [5.74, 6) is 0. The van der Waals surface area contributed by atoms with Crippen LogP contribution < -0.4 is 5.32 Å². The zero-order valence-corrected chi connectivity index (χ0v) is 18.0. The van der Waals surface area contributed by atoms with Crippen LogP contribution in [0, 0.1) is 6.92 Å². The van der Waals surface area contributed by atoms with E-state index in [4.69, 9.17) is 0 Å². The molecule has 2 aromatic carbocycles. The first-order chi connectivity index (χ1) is 14.5. The number of aryl methyl sites for hydroxylation is 2. The Bertz CT molecular complexity index is 998. The molecule has 30 heavy (non-hydrogen) atoms. The molecular weight excluding hydrogens is 373 g/mol. The van der Waals surface area contributed by atoms with E-state index in [2.05, 4.69) is 54.7 Å². The molecule has 1 atom stereocenters. The number of carbonyl (C=O) groups excluding carboxylic acids is 1. The van der Waals surface area contributed by atoms with E-state index in [1.54, 1.807) is 6.92 Å². The van der Waals surface area contributed by atoms with Crippen LogP contribution >= 0.6 is 0 Å². The summed E-state index contributed by atoms with van der Waals surface area (Å²) in [6, 6.07) is 14.6.